The van der Waals surface area contributed by atoms with Gasteiger partial charge in [-0.05, 0) is 35.9 Å². The van der Waals surface area contributed by atoms with Gasteiger partial charge in [-0.3, -0.25) is 0 Å². The third-order valence-electron chi connectivity index (χ3n) is 4.06. The van der Waals surface area contributed by atoms with Crippen LogP contribution in [0, 0.1) is 0 Å². The molecule has 1 saturated heterocycles. The number of halogens is 1. The van der Waals surface area contributed by atoms with Gasteiger partial charge in [0.25, 0.3) is 0 Å². The number of hydrogen-bond acceptors (Lipinski definition) is 4. The Hall–Kier alpha value is -2.05. The van der Waals surface area contributed by atoms with Crippen LogP contribution in [0.1, 0.15) is 34.1 Å². The lowest BCUT2D eigenvalue weighted by Gasteiger charge is -2.26. The van der Waals surface area contributed by atoms with Crippen LogP contribution in [0.5, 0.6) is 0 Å². The first-order chi connectivity index (χ1) is 11.6. The summed E-state index contributed by atoms with van der Waals surface area (Å²) >= 11 is 7.52. The highest BCUT2D eigenvalue weighted by Gasteiger charge is 2.31. The number of carbonyl (C=O) groups excluding carboxylic acids is 2. The number of nitrogens with one attached hydrogen (secondary N) is 1. The number of thiophene rings is 1. The van der Waals surface area contributed by atoms with Crippen LogP contribution in [0.3, 0.4) is 0 Å². The fourth-order valence-electron chi connectivity index (χ4n) is 2.92. The summed E-state index contributed by atoms with van der Waals surface area (Å²) in [7, 11) is 1.32. The molecular formula is C17H17ClN2O3S. The molecule has 1 N–H and O–H groups in total. The molecule has 126 valence electrons. The molecule has 7 heteroatoms. The topological polar surface area (TPSA) is 58.6 Å². The molecule has 1 aromatic heterocycles. The molecule has 1 atom stereocenters. The Balaban J connectivity index is 1.79. The number of nitrogens with zero attached hydrogens (tertiary/aromatic N) is 1. The predicted octanol–water partition coefficient (Wildman–Crippen LogP) is 4.56. The van der Waals surface area contributed by atoms with Crippen LogP contribution in [0.2, 0.25) is 5.02 Å². The van der Waals surface area contributed by atoms with Gasteiger partial charge in [-0.15, -0.1) is 11.3 Å². The second kappa shape index (κ2) is 7.23. The van der Waals surface area contributed by atoms with Crippen molar-refractivity contribution in [3.8, 4) is 0 Å². The van der Waals surface area contributed by atoms with Crippen LogP contribution >= 0.6 is 22.9 Å². The van der Waals surface area contributed by atoms with E-state index >= 15 is 0 Å². The summed E-state index contributed by atoms with van der Waals surface area (Å²) < 4.78 is 4.74. The average molecular weight is 365 g/mol. The number of methoxy groups -OCH3 is 1. The first kappa shape index (κ1) is 16.8. The molecule has 0 radical (unpaired) electrons. The summed E-state index contributed by atoms with van der Waals surface area (Å²) in [6, 6.07) is 8.99. The summed E-state index contributed by atoms with van der Waals surface area (Å²) in [5.41, 5.74) is 1.42. The molecule has 2 amide bonds. The number of urea groups is 1. The highest BCUT2D eigenvalue weighted by molar-refractivity contribution is 7.12. The van der Waals surface area contributed by atoms with Gasteiger partial charge in [0.2, 0.25) is 0 Å². The van der Waals surface area contributed by atoms with E-state index in [1.165, 1.54) is 18.4 Å². The Morgan fingerprint density at radius 3 is 2.88 bits per heavy atom. The minimum atomic E-state index is -0.454. The van der Waals surface area contributed by atoms with Crippen molar-refractivity contribution < 1.29 is 14.3 Å². The largest absolute Gasteiger partial charge is 0.465 e. The van der Waals surface area contributed by atoms with E-state index in [0.29, 0.717) is 22.1 Å². The van der Waals surface area contributed by atoms with E-state index in [1.54, 1.807) is 16.3 Å². The van der Waals surface area contributed by atoms with Crippen molar-refractivity contribution >= 4 is 40.6 Å². The number of hydrogen-bond donors (Lipinski definition) is 1. The Morgan fingerprint density at radius 2 is 2.12 bits per heavy atom. The van der Waals surface area contributed by atoms with Gasteiger partial charge < -0.3 is 15.0 Å². The number of ether oxygens (including phenoxy) is 1. The zero-order valence-electron chi connectivity index (χ0n) is 13.1. The first-order valence-electron chi connectivity index (χ1n) is 7.59. The zero-order chi connectivity index (χ0) is 17.1. The molecule has 24 heavy (non-hydrogen) atoms. The lowest BCUT2D eigenvalue weighted by molar-refractivity contribution is 0.0607. The maximum atomic E-state index is 12.7. The van der Waals surface area contributed by atoms with Gasteiger partial charge in [-0.1, -0.05) is 29.8 Å². The quantitative estimate of drug-likeness (QED) is 0.812. The summed E-state index contributed by atoms with van der Waals surface area (Å²) in [4.78, 5) is 26.6. The minimum absolute atomic E-state index is 0.0566. The Labute approximate surface area is 149 Å². The van der Waals surface area contributed by atoms with E-state index in [-0.39, 0.29) is 12.1 Å². The molecule has 0 bridgehead atoms. The Bertz CT molecular complexity index is 762. The molecule has 2 heterocycles. The second-order valence-electron chi connectivity index (χ2n) is 5.46. The van der Waals surface area contributed by atoms with Crippen molar-refractivity contribution in [3.05, 3.63) is 51.2 Å². The van der Waals surface area contributed by atoms with Crippen molar-refractivity contribution in [2.75, 3.05) is 19.0 Å². The maximum absolute atomic E-state index is 12.7. The number of amides is 2. The van der Waals surface area contributed by atoms with Crippen LogP contribution in [-0.2, 0) is 4.74 Å². The summed E-state index contributed by atoms with van der Waals surface area (Å²) in [6.45, 7) is 0.652. The lowest BCUT2D eigenvalue weighted by Crippen LogP contribution is -2.34. The van der Waals surface area contributed by atoms with Crippen molar-refractivity contribution in [1.29, 1.82) is 0 Å². The van der Waals surface area contributed by atoms with Crippen LogP contribution in [0.15, 0.2) is 35.7 Å². The van der Waals surface area contributed by atoms with Crippen LogP contribution < -0.4 is 5.32 Å². The Kier molecular flexibility index (Phi) is 5.06. The molecule has 0 saturated carbocycles. The monoisotopic (exact) mass is 364 g/mol. The molecule has 1 aliphatic rings. The van der Waals surface area contributed by atoms with Gasteiger partial charge in [0.1, 0.15) is 4.88 Å². The van der Waals surface area contributed by atoms with Gasteiger partial charge >= 0.3 is 12.0 Å². The molecule has 3 rings (SSSR count). The number of esters is 1. The maximum Gasteiger partial charge on any atom is 0.350 e. The average Bonchev–Trinajstić information content (AvgIpc) is 3.23. The summed E-state index contributed by atoms with van der Waals surface area (Å²) in [6.07, 6.45) is 1.78. The van der Waals surface area contributed by atoms with Crippen molar-refractivity contribution in [3.63, 3.8) is 0 Å². The van der Waals surface area contributed by atoms with Gasteiger partial charge in [-0.2, -0.15) is 0 Å². The lowest BCUT2D eigenvalue weighted by atomic mass is 10.0. The molecule has 5 nitrogen and oxygen atoms in total. The van der Waals surface area contributed by atoms with Gasteiger partial charge in [0.15, 0.2) is 0 Å². The van der Waals surface area contributed by atoms with E-state index in [4.69, 9.17) is 16.3 Å². The number of anilines is 1. The van der Waals surface area contributed by atoms with E-state index in [9.17, 15) is 9.59 Å². The number of benzene rings is 1. The van der Waals surface area contributed by atoms with E-state index in [2.05, 4.69) is 5.32 Å². The second-order valence-corrected chi connectivity index (χ2v) is 6.78. The first-order valence-corrected chi connectivity index (χ1v) is 8.85. The number of carbonyl (C=O) groups is 2. The number of rotatable bonds is 3. The molecule has 0 unspecified atom stereocenters. The SMILES string of the molecule is COC(=O)c1sccc1NC(=O)N1CCC[C@@H]1c1ccccc1Cl. The van der Waals surface area contributed by atoms with Gasteiger partial charge in [0, 0.05) is 11.6 Å². The van der Waals surface area contributed by atoms with E-state index < -0.39 is 5.97 Å². The van der Waals surface area contributed by atoms with Crippen molar-refractivity contribution in [2.24, 2.45) is 0 Å². The summed E-state index contributed by atoms with van der Waals surface area (Å²) in [5, 5.41) is 5.23. The molecule has 0 aliphatic carbocycles. The molecule has 1 aromatic carbocycles. The molecular weight excluding hydrogens is 348 g/mol. The third kappa shape index (κ3) is 3.25. The standard InChI is InChI=1S/C17H17ClN2O3S/c1-23-16(21)15-13(8-10-24-15)19-17(22)20-9-4-7-14(20)11-5-2-3-6-12(11)18/h2-3,5-6,8,10,14H,4,7,9H2,1H3,(H,19,22)/t14-/m1/s1. The van der Waals surface area contributed by atoms with Crippen molar-refractivity contribution in [2.45, 2.75) is 18.9 Å². The highest BCUT2D eigenvalue weighted by Crippen LogP contribution is 2.36. The zero-order valence-corrected chi connectivity index (χ0v) is 14.7. The highest BCUT2D eigenvalue weighted by atomic mass is 35.5. The number of likely N-dealkylation sites (tertiary alicyclic amines) is 1. The van der Waals surface area contributed by atoms with Crippen LogP contribution in [-0.4, -0.2) is 30.6 Å². The smallest absolute Gasteiger partial charge is 0.350 e. The molecule has 2 aromatic rings. The molecule has 1 fully saturated rings. The molecule has 1 aliphatic heterocycles. The summed E-state index contributed by atoms with van der Waals surface area (Å²) in [5.74, 6) is -0.454. The van der Waals surface area contributed by atoms with Crippen molar-refractivity contribution in [1.82, 2.24) is 4.90 Å². The van der Waals surface area contributed by atoms with Gasteiger partial charge in [0.05, 0.1) is 18.8 Å². The van der Waals surface area contributed by atoms with E-state index in [0.717, 1.165) is 18.4 Å². The van der Waals surface area contributed by atoms with Gasteiger partial charge in [-0.25, -0.2) is 9.59 Å². The van der Waals surface area contributed by atoms with Crippen LogP contribution in [0.25, 0.3) is 0 Å². The minimum Gasteiger partial charge on any atom is -0.465 e. The predicted molar refractivity (Wildman–Crippen MR) is 94.8 cm³/mol. The fraction of sp³-hybridized carbons (Fsp3) is 0.294. The van der Waals surface area contributed by atoms with Crippen LogP contribution in [0.4, 0.5) is 10.5 Å². The normalized spacial score (nSPS) is 16.9. The Morgan fingerprint density at radius 1 is 1.33 bits per heavy atom. The molecule has 0 spiro atoms. The van der Waals surface area contributed by atoms with E-state index in [1.807, 2.05) is 24.3 Å². The third-order valence-corrected chi connectivity index (χ3v) is 5.29. The fourth-order valence-corrected chi connectivity index (χ4v) is 3.95.